The molecule has 1 aliphatic rings. The highest BCUT2D eigenvalue weighted by Crippen LogP contribution is 2.35. The predicted octanol–water partition coefficient (Wildman–Crippen LogP) is 3.85. The summed E-state index contributed by atoms with van der Waals surface area (Å²) >= 11 is 3.62. The number of nitrogens with zero attached hydrogens (tertiary/aromatic N) is 3. The summed E-state index contributed by atoms with van der Waals surface area (Å²) in [5, 5.41) is 3.43. The minimum absolute atomic E-state index is 0.0294. The number of hydrogen-bond donors (Lipinski definition) is 1. The molecule has 3 aromatic rings. The van der Waals surface area contributed by atoms with Crippen molar-refractivity contribution < 1.29 is 4.79 Å². The van der Waals surface area contributed by atoms with Crippen LogP contribution >= 0.6 is 15.9 Å². The van der Waals surface area contributed by atoms with Gasteiger partial charge in [0.2, 0.25) is 0 Å². The smallest absolute Gasteiger partial charge is 0.258 e. The van der Waals surface area contributed by atoms with Gasteiger partial charge in [-0.3, -0.25) is 9.20 Å². The van der Waals surface area contributed by atoms with Gasteiger partial charge in [-0.15, -0.1) is 6.58 Å². The van der Waals surface area contributed by atoms with Crippen LogP contribution in [0, 0.1) is 0 Å². The molecule has 0 spiro atoms. The van der Waals surface area contributed by atoms with Gasteiger partial charge in [0.15, 0.2) is 0 Å². The van der Waals surface area contributed by atoms with Gasteiger partial charge in [-0.25, -0.2) is 4.98 Å². The van der Waals surface area contributed by atoms with Crippen LogP contribution in [0.5, 0.6) is 0 Å². The lowest BCUT2D eigenvalue weighted by molar-refractivity contribution is 0.0704. The Kier molecular flexibility index (Phi) is 3.61. The van der Waals surface area contributed by atoms with Crippen molar-refractivity contribution in [3.63, 3.8) is 0 Å². The second-order valence-electron chi connectivity index (χ2n) is 5.56. The van der Waals surface area contributed by atoms with Crippen molar-refractivity contribution in [2.75, 3.05) is 11.9 Å². The third kappa shape index (κ3) is 2.22. The van der Waals surface area contributed by atoms with E-state index < -0.39 is 0 Å². The highest BCUT2D eigenvalue weighted by atomic mass is 79.9. The average molecular weight is 383 g/mol. The van der Waals surface area contributed by atoms with Crippen LogP contribution in [0.2, 0.25) is 0 Å². The number of fused-ring (bicyclic) bond motifs is 2. The number of carbonyl (C=O) groups excluding carboxylic acids is 1. The number of halogens is 1. The molecule has 5 nitrogen and oxygen atoms in total. The summed E-state index contributed by atoms with van der Waals surface area (Å²) in [5.74, 6) is -0.0294. The summed E-state index contributed by atoms with van der Waals surface area (Å²) in [6.45, 7) is 4.22. The Morgan fingerprint density at radius 2 is 2.04 bits per heavy atom. The lowest BCUT2D eigenvalue weighted by Crippen LogP contribution is -2.43. The molecule has 1 N–H and O–H groups in total. The second kappa shape index (κ2) is 5.79. The minimum Gasteiger partial charge on any atom is -0.359 e. The lowest BCUT2D eigenvalue weighted by atomic mass is 10.1. The van der Waals surface area contributed by atoms with Crippen LogP contribution in [0.25, 0.3) is 5.65 Å². The van der Waals surface area contributed by atoms with Crippen LogP contribution in [-0.4, -0.2) is 26.7 Å². The van der Waals surface area contributed by atoms with Crippen molar-refractivity contribution in [2.45, 2.75) is 6.17 Å². The molecule has 120 valence electrons. The van der Waals surface area contributed by atoms with E-state index in [-0.39, 0.29) is 12.1 Å². The number of nitrogens with one attached hydrogen (secondary N) is 1. The Morgan fingerprint density at radius 3 is 2.83 bits per heavy atom. The van der Waals surface area contributed by atoms with Gasteiger partial charge in [0.25, 0.3) is 5.91 Å². The number of carbonyl (C=O) groups is 1. The van der Waals surface area contributed by atoms with Gasteiger partial charge in [0, 0.05) is 18.4 Å². The van der Waals surface area contributed by atoms with Crippen LogP contribution in [0.4, 0.5) is 5.69 Å². The number of amides is 1. The Morgan fingerprint density at radius 1 is 1.25 bits per heavy atom. The molecule has 1 aromatic carbocycles. The summed E-state index contributed by atoms with van der Waals surface area (Å²) in [7, 11) is 0. The van der Waals surface area contributed by atoms with Crippen molar-refractivity contribution in [3.8, 4) is 0 Å². The number of anilines is 1. The molecule has 3 heterocycles. The van der Waals surface area contributed by atoms with Crippen molar-refractivity contribution in [1.29, 1.82) is 0 Å². The first-order valence-corrected chi connectivity index (χ1v) is 8.40. The first-order chi connectivity index (χ1) is 11.7. The maximum Gasteiger partial charge on any atom is 0.258 e. The molecule has 24 heavy (non-hydrogen) atoms. The van der Waals surface area contributed by atoms with Crippen molar-refractivity contribution in [2.24, 2.45) is 0 Å². The second-order valence-corrected chi connectivity index (χ2v) is 6.31. The van der Waals surface area contributed by atoms with Crippen molar-refractivity contribution in [3.05, 3.63) is 77.2 Å². The minimum atomic E-state index is -0.361. The summed E-state index contributed by atoms with van der Waals surface area (Å²) in [6, 6.07) is 13.3. The van der Waals surface area contributed by atoms with Crippen LogP contribution in [0.15, 0.2) is 65.9 Å². The third-order valence-corrected chi connectivity index (χ3v) is 4.89. The number of para-hydroxylation sites is 1. The monoisotopic (exact) mass is 382 g/mol. The maximum atomic E-state index is 12.9. The third-order valence-electron chi connectivity index (χ3n) is 4.10. The fourth-order valence-corrected chi connectivity index (χ4v) is 3.60. The average Bonchev–Trinajstić information content (AvgIpc) is 2.94. The first kappa shape index (κ1) is 15.0. The number of imidazole rings is 1. The summed E-state index contributed by atoms with van der Waals surface area (Å²) in [6.07, 6.45) is 3.30. The van der Waals surface area contributed by atoms with Gasteiger partial charge in [-0.1, -0.05) is 24.3 Å². The summed E-state index contributed by atoms with van der Waals surface area (Å²) in [5.41, 5.74) is 3.07. The van der Waals surface area contributed by atoms with E-state index in [1.165, 1.54) is 0 Å². The van der Waals surface area contributed by atoms with Gasteiger partial charge in [-0.2, -0.15) is 0 Å². The Balaban J connectivity index is 1.87. The van der Waals surface area contributed by atoms with Crippen LogP contribution in [-0.2, 0) is 0 Å². The molecular formula is C18H15BrN4O. The highest BCUT2D eigenvalue weighted by Gasteiger charge is 2.34. The van der Waals surface area contributed by atoms with E-state index in [2.05, 4.69) is 27.8 Å². The van der Waals surface area contributed by atoms with Crippen molar-refractivity contribution in [1.82, 2.24) is 14.3 Å². The number of hydrogen-bond acceptors (Lipinski definition) is 3. The molecule has 0 saturated heterocycles. The molecule has 6 heteroatoms. The molecule has 0 aliphatic carbocycles. The van der Waals surface area contributed by atoms with Crippen molar-refractivity contribution >= 4 is 33.2 Å². The predicted molar refractivity (Wildman–Crippen MR) is 96.9 cm³/mol. The Hall–Kier alpha value is -2.60. The van der Waals surface area contributed by atoms with Gasteiger partial charge in [0.05, 0.1) is 5.56 Å². The van der Waals surface area contributed by atoms with Gasteiger partial charge in [-0.05, 0) is 40.2 Å². The lowest BCUT2D eigenvalue weighted by Gasteiger charge is -2.36. The zero-order valence-electron chi connectivity index (χ0n) is 12.8. The van der Waals surface area contributed by atoms with E-state index in [1.54, 1.807) is 11.0 Å². The maximum absolute atomic E-state index is 12.9. The molecule has 1 amide bonds. The van der Waals surface area contributed by atoms with E-state index in [4.69, 9.17) is 4.98 Å². The van der Waals surface area contributed by atoms with Gasteiger partial charge < -0.3 is 10.2 Å². The van der Waals surface area contributed by atoms with Crippen LogP contribution in [0.1, 0.15) is 22.2 Å². The standard InChI is InChI=1S/C18H15BrN4O/c1-2-10-23-17(20-13-8-4-3-7-12(13)18(23)24)15-16(19)22-11-6-5-9-14(22)21-15/h2-9,11,17,20H,1,10H2. The molecule has 0 fully saturated rings. The number of rotatable bonds is 3. The zero-order valence-corrected chi connectivity index (χ0v) is 14.4. The summed E-state index contributed by atoms with van der Waals surface area (Å²) < 4.78 is 2.78. The van der Waals surface area contributed by atoms with Gasteiger partial charge in [0.1, 0.15) is 22.1 Å². The van der Waals surface area contributed by atoms with E-state index in [0.29, 0.717) is 12.1 Å². The fraction of sp³-hybridized carbons (Fsp3) is 0.111. The Labute approximate surface area is 147 Å². The molecule has 0 radical (unpaired) electrons. The topological polar surface area (TPSA) is 49.6 Å². The van der Waals surface area contributed by atoms with Crippen LogP contribution < -0.4 is 5.32 Å². The summed E-state index contributed by atoms with van der Waals surface area (Å²) in [4.78, 5) is 19.3. The SMILES string of the molecule is C=CCN1C(=O)c2ccccc2NC1c1nc2ccccn2c1Br. The molecule has 1 atom stereocenters. The highest BCUT2D eigenvalue weighted by molar-refractivity contribution is 9.10. The quantitative estimate of drug-likeness (QED) is 0.699. The molecule has 2 aromatic heterocycles. The number of benzene rings is 1. The molecule has 4 rings (SSSR count). The fourth-order valence-electron chi connectivity index (χ4n) is 2.99. The van der Waals surface area contributed by atoms with E-state index in [9.17, 15) is 4.79 Å². The number of pyridine rings is 1. The number of aromatic nitrogens is 2. The van der Waals surface area contributed by atoms with E-state index >= 15 is 0 Å². The van der Waals surface area contributed by atoms with Gasteiger partial charge >= 0.3 is 0 Å². The first-order valence-electron chi connectivity index (χ1n) is 7.60. The molecule has 1 unspecified atom stereocenters. The normalized spacial score (nSPS) is 16.8. The Bertz CT molecular complexity index is 949. The van der Waals surface area contributed by atoms with Crippen LogP contribution in [0.3, 0.4) is 0 Å². The molecule has 0 saturated carbocycles. The largest absolute Gasteiger partial charge is 0.359 e. The van der Waals surface area contributed by atoms with E-state index in [1.807, 2.05) is 53.1 Å². The molecule has 1 aliphatic heterocycles. The molecule has 0 bridgehead atoms. The molecular weight excluding hydrogens is 368 g/mol. The van der Waals surface area contributed by atoms with E-state index in [0.717, 1.165) is 21.6 Å². The zero-order chi connectivity index (χ0) is 16.7.